The Balaban J connectivity index is 1.25. The predicted molar refractivity (Wildman–Crippen MR) is 128 cm³/mol. The van der Waals surface area contributed by atoms with Crippen molar-refractivity contribution < 1.29 is 14.0 Å². The zero-order valence-electron chi connectivity index (χ0n) is 18.6. The normalized spacial score (nSPS) is 21.0. The van der Waals surface area contributed by atoms with Crippen LogP contribution >= 0.6 is 11.3 Å². The van der Waals surface area contributed by atoms with Crippen LogP contribution in [0.4, 0.5) is 4.39 Å². The molecule has 2 aromatic carbocycles. The maximum Gasteiger partial charge on any atom is 0.270 e. The first-order valence-electron chi connectivity index (χ1n) is 11.4. The second-order valence-electron chi connectivity index (χ2n) is 9.00. The van der Waals surface area contributed by atoms with E-state index in [2.05, 4.69) is 10.3 Å². The molecule has 4 aromatic rings. The molecular formula is C26H23FN4O2S. The minimum atomic E-state index is -0.354. The first-order valence-corrected chi connectivity index (χ1v) is 12.3. The number of aromatic nitrogens is 2. The Labute approximate surface area is 200 Å². The summed E-state index contributed by atoms with van der Waals surface area (Å²) >= 11 is 1.48. The second kappa shape index (κ2) is 8.06. The smallest absolute Gasteiger partial charge is 0.270 e. The lowest BCUT2D eigenvalue weighted by molar-refractivity contribution is 0.0689. The third-order valence-corrected chi connectivity index (χ3v) is 7.67. The number of halogens is 1. The minimum absolute atomic E-state index is 0.0972. The lowest BCUT2D eigenvalue weighted by atomic mass is 9.98. The molecule has 1 aliphatic carbocycles. The fourth-order valence-corrected chi connectivity index (χ4v) is 6.00. The van der Waals surface area contributed by atoms with Crippen LogP contribution in [0, 0.1) is 18.7 Å². The lowest BCUT2D eigenvalue weighted by Gasteiger charge is -2.29. The molecular weight excluding hydrogens is 451 g/mol. The van der Waals surface area contributed by atoms with E-state index in [1.807, 2.05) is 35.5 Å². The Bertz CT molecular complexity index is 1430. The standard InChI is InChI=1S/C26H23FN4O2S/c1-15-23(30-10-11-34-26(30)29-15)24(32)28-14-17-12-16-13-22(16)31(17)25(33)20-8-3-2-6-18(20)19-7-4-5-9-21(19)27/h2-11,16-17,22H,12-14H2,1H3,(H,28,32)/t16-,17+,22+/m1/s1. The Kier molecular flexibility index (Phi) is 4.99. The van der Waals surface area contributed by atoms with Crippen LogP contribution in [-0.2, 0) is 0 Å². The molecule has 1 saturated carbocycles. The van der Waals surface area contributed by atoms with Crippen molar-refractivity contribution in [2.45, 2.75) is 31.8 Å². The maximum atomic E-state index is 14.5. The lowest BCUT2D eigenvalue weighted by Crippen LogP contribution is -2.45. The molecule has 1 aliphatic heterocycles. The summed E-state index contributed by atoms with van der Waals surface area (Å²) in [7, 11) is 0. The molecule has 0 spiro atoms. The molecule has 2 amide bonds. The van der Waals surface area contributed by atoms with Gasteiger partial charge in [-0.25, -0.2) is 9.37 Å². The molecule has 1 N–H and O–H groups in total. The van der Waals surface area contributed by atoms with E-state index in [1.54, 1.807) is 34.7 Å². The van der Waals surface area contributed by atoms with E-state index < -0.39 is 0 Å². The molecule has 6 nitrogen and oxygen atoms in total. The van der Waals surface area contributed by atoms with Crippen molar-refractivity contribution in [3.05, 3.63) is 82.9 Å². The number of piperidine rings is 1. The predicted octanol–water partition coefficient (Wildman–Crippen LogP) is 4.54. The van der Waals surface area contributed by atoms with Gasteiger partial charge in [-0.2, -0.15) is 0 Å². The summed E-state index contributed by atoms with van der Waals surface area (Å²) in [6, 6.07) is 13.8. The first kappa shape index (κ1) is 21.0. The second-order valence-corrected chi connectivity index (χ2v) is 9.87. The van der Waals surface area contributed by atoms with E-state index in [0.29, 0.717) is 40.5 Å². The quantitative estimate of drug-likeness (QED) is 0.462. The van der Waals surface area contributed by atoms with Crippen LogP contribution in [0.1, 0.15) is 39.4 Å². The Morgan fingerprint density at radius 2 is 1.88 bits per heavy atom. The molecule has 3 heterocycles. The van der Waals surface area contributed by atoms with Gasteiger partial charge in [0, 0.05) is 35.3 Å². The summed E-state index contributed by atoms with van der Waals surface area (Å²) in [4.78, 5) is 33.9. The number of carbonyl (C=O) groups excluding carboxylic acids is 2. The Morgan fingerprint density at radius 1 is 1.12 bits per heavy atom. The number of benzene rings is 2. The molecule has 2 aliphatic rings. The Hall–Kier alpha value is -3.52. The zero-order valence-corrected chi connectivity index (χ0v) is 19.4. The van der Waals surface area contributed by atoms with E-state index in [4.69, 9.17) is 0 Å². The van der Waals surface area contributed by atoms with Crippen molar-refractivity contribution in [3.63, 3.8) is 0 Å². The van der Waals surface area contributed by atoms with Gasteiger partial charge in [-0.1, -0.05) is 36.4 Å². The monoisotopic (exact) mass is 474 g/mol. The van der Waals surface area contributed by atoms with Gasteiger partial charge in [0.2, 0.25) is 0 Å². The molecule has 8 heteroatoms. The highest BCUT2D eigenvalue weighted by Crippen LogP contribution is 2.48. The number of carbonyl (C=O) groups is 2. The van der Waals surface area contributed by atoms with Crippen LogP contribution in [0.3, 0.4) is 0 Å². The van der Waals surface area contributed by atoms with Crippen LogP contribution in [0.25, 0.3) is 16.1 Å². The number of imidazole rings is 1. The molecule has 1 saturated heterocycles. The Morgan fingerprint density at radius 3 is 2.71 bits per heavy atom. The van der Waals surface area contributed by atoms with Crippen LogP contribution in [0.2, 0.25) is 0 Å². The van der Waals surface area contributed by atoms with Crippen LogP contribution < -0.4 is 5.32 Å². The molecule has 34 heavy (non-hydrogen) atoms. The van der Waals surface area contributed by atoms with Crippen molar-refractivity contribution in [1.82, 2.24) is 19.6 Å². The topological polar surface area (TPSA) is 66.7 Å². The van der Waals surface area contributed by atoms with Crippen LogP contribution in [0.15, 0.2) is 60.1 Å². The highest BCUT2D eigenvalue weighted by molar-refractivity contribution is 7.15. The number of likely N-dealkylation sites (tertiary alicyclic amines) is 1. The number of aryl methyl sites for hydroxylation is 1. The van der Waals surface area contributed by atoms with E-state index in [9.17, 15) is 14.0 Å². The molecule has 2 fully saturated rings. The van der Waals surface area contributed by atoms with Gasteiger partial charge >= 0.3 is 0 Å². The summed E-state index contributed by atoms with van der Waals surface area (Å²) in [6.07, 6.45) is 3.68. The summed E-state index contributed by atoms with van der Waals surface area (Å²) in [5.74, 6) is -0.188. The molecule has 6 rings (SSSR count). The van der Waals surface area contributed by atoms with E-state index in [-0.39, 0.29) is 29.7 Å². The maximum absolute atomic E-state index is 14.5. The summed E-state index contributed by atoms with van der Waals surface area (Å²) in [5.41, 5.74) is 2.71. The number of hydrogen-bond acceptors (Lipinski definition) is 4. The van der Waals surface area contributed by atoms with Gasteiger partial charge in [0.25, 0.3) is 11.8 Å². The molecule has 0 bridgehead atoms. The van der Waals surface area contributed by atoms with Crippen molar-refractivity contribution >= 4 is 28.1 Å². The summed E-state index contributed by atoms with van der Waals surface area (Å²) in [5, 5.41) is 4.93. The zero-order chi connectivity index (χ0) is 23.4. The fourth-order valence-electron chi connectivity index (χ4n) is 5.24. The number of amides is 2. The van der Waals surface area contributed by atoms with Crippen molar-refractivity contribution in [3.8, 4) is 11.1 Å². The van der Waals surface area contributed by atoms with Crippen molar-refractivity contribution in [1.29, 1.82) is 0 Å². The molecule has 2 aromatic heterocycles. The minimum Gasteiger partial charge on any atom is -0.349 e. The van der Waals surface area contributed by atoms with Gasteiger partial charge in [-0.15, -0.1) is 11.3 Å². The van der Waals surface area contributed by atoms with Gasteiger partial charge in [0.1, 0.15) is 11.5 Å². The molecule has 3 atom stereocenters. The highest BCUT2D eigenvalue weighted by atomic mass is 32.1. The number of hydrogen-bond donors (Lipinski definition) is 1. The molecule has 0 unspecified atom stereocenters. The van der Waals surface area contributed by atoms with Gasteiger partial charge in [-0.05, 0) is 43.4 Å². The SMILES string of the molecule is Cc1nc2sccn2c1C(=O)NC[C@@H]1C[C@@H]2C[C@@H]2N1C(=O)c1ccccc1-c1ccccc1F. The molecule has 172 valence electrons. The highest BCUT2D eigenvalue weighted by Gasteiger charge is 2.54. The first-order chi connectivity index (χ1) is 16.5. The summed E-state index contributed by atoms with van der Waals surface area (Å²) in [6.45, 7) is 2.20. The number of fused-ring (bicyclic) bond motifs is 2. The van der Waals surface area contributed by atoms with Crippen molar-refractivity contribution in [2.75, 3.05) is 6.54 Å². The number of thiazole rings is 1. The summed E-state index contributed by atoms with van der Waals surface area (Å²) < 4.78 is 16.3. The van der Waals surface area contributed by atoms with Crippen LogP contribution in [-0.4, -0.2) is 44.7 Å². The average Bonchev–Trinajstić information content (AvgIpc) is 3.14. The average molecular weight is 475 g/mol. The largest absolute Gasteiger partial charge is 0.349 e. The van der Waals surface area contributed by atoms with E-state index in [1.165, 1.54) is 17.4 Å². The van der Waals surface area contributed by atoms with Gasteiger partial charge < -0.3 is 10.2 Å². The van der Waals surface area contributed by atoms with Crippen molar-refractivity contribution in [2.24, 2.45) is 5.92 Å². The third kappa shape index (κ3) is 3.40. The van der Waals surface area contributed by atoms with Crippen LogP contribution in [0.5, 0.6) is 0 Å². The van der Waals surface area contributed by atoms with Gasteiger partial charge in [0.05, 0.1) is 11.7 Å². The van der Waals surface area contributed by atoms with E-state index >= 15 is 0 Å². The van der Waals surface area contributed by atoms with Gasteiger partial charge in [0.15, 0.2) is 4.96 Å². The fraction of sp³-hybridized carbons (Fsp3) is 0.269. The molecule has 0 radical (unpaired) electrons. The van der Waals surface area contributed by atoms with Gasteiger partial charge in [-0.3, -0.25) is 14.0 Å². The number of nitrogens with zero attached hydrogens (tertiary/aromatic N) is 3. The number of nitrogens with one attached hydrogen (secondary N) is 1. The third-order valence-electron chi connectivity index (χ3n) is 6.92. The van der Waals surface area contributed by atoms with E-state index in [0.717, 1.165) is 17.8 Å². The number of rotatable bonds is 5.